The number of carbonyl (C=O) groups is 3. The lowest BCUT2D eigenvalue weighted by Crippen LogP contribution is -2.17. The third-order valence-corrected chi connectivity index (χ3v) is 5.84. The van der Waals surface area contributed by atoms with E-state index in [0.29, 0.717) is 17.9 Å². The van der Waals surface area contributed by atoms with Gasteiger partial charge >= 0.3 is 5.97 Å². The number of rotatable bonds is 5. The molecular formula is C19H20ClNO4S. The van der Waals surface area contributed by atoms with E-state index in [0.717, 1.165) is 18.2 Å². The summed E-state index contributed by atoms with van der Waals surface area (Å²) < 4.78 is 5.41. The van der Waals surface area contributed by atoms with Gasteiger partial charge < -0.3 is 4.74 Å². The molecule has 26 heavy (non-hydrogen) atoms. The molecule has 0 radical (unpaired) electrons. The number of hydrogen-bond donors (Lipinski definition) is 1. The molecule has 7 heteroatoms. The summed E-state index contributed by atoms with van der Waals surface area (Å²) in [6, 6.07) is 5.02. The number of halogens is 1. The van der Waals surface area contributed by atoms with E-state index in [1.165, 1.54) is 38.2 Å². The zero-order chi connectivity index (χ0) is 18.5. The van der Waals surface area contributed by atoms with Crippen molar-refractivity contribution < 1.29 is 19.1 Å². The molecule has 0 spiro atoms. The molecule has 5 nitrogen and oxygen atoms in total. The van der Waals surface area contributed by atoms with E-state index in [2.05, 4.69) is 5.32 Å². The minimum Gasteiger partial charge on any atom is -0.425 e. The number of ether oxygens (including phenoxy) is 1. The summed E-state index contributed by atoms with van der Waals surface area (Å²) in [5.41, 5.74) is 0.525. The highest BCUT2D eigenvalue weighted by atomic mass is 35.5. The molecule has 2 amide bonds. The molecule has 1 heterocycles. The van der Waals surface area contributed by atoms with Crippen LogP contribution in [-0.4, -0.2) is 17.1 Å². The molecule has 3 rings (SSSR count). The molecule has 0 atom stereocenters. The molecule has 1 saturated heterocycles. The highest BCUT2D eigenvalue weighted by molar-refractivity contribution is 8.18. The van der Waals surface area contributed by atoms with E-state index in [9.17, 15) is 14.4 Å². The fraction of sp³-hybridized carbons (Fsp3) is 0.421. The average Bonchev–Trinajstić information content (AvgIpc) is 2.95. The second-order valence-electron chi connectivity index (χ2n) is 6.53. The van der Waals surface area contributed by atoms with Gasteiger partial charge in [0.15, 0.2) is 0 Å². The third kappa shape index (κ3) is 4.89. The van der Waals surface area contributed by atoms with Gasteiger partial charge in [-0.3, -0.25) is 19.7 Å². The molecule has 1 aromatic rings. The van der Waals surface area contributed by atoms with Crippen LogP contribution < -0.4 is 10.1 Å². The number of nitrogens with one attached hydrogen (secondary N) is 1. The minimum absolute atomic E-state index is 0.249. The first-order chi connectivity index (χ1) is 12.5. The average molecular weight is 394 g/mol. The first-order valence-corrected chi connectivity index (χ1v) is 9.96. The van der Waals surface area contributed by atoms with Crippen molar-refractivity contribution in [2.24, 2.45) is 5.92 Å². The van der Waals surface area contributed by atoms with E-state index < -0.39 is 11.1 Å². The molecule has 0 unspecified atom stereocenters. The number of carbonyl (C=O) groups excluding carboxylic acids is 3. The smallest absolute Gasteiger partial charge is 0.311 e. The normalized spacial score (nSPS) is 19.7. The molecule has 1 aliphatic heterocycles. The van der Waals surface area contributed by atoms with Crippen LogP contribution in [0, 0.1) is 5.92 Å². The summed E-state index contributed by atoms with van der Waals surface area (Å²) in [7, 11) is 0. The first kappa shape index (κ1) is 19.0. The number of imide groups is 1. The topological polar surface area (TPSA) is 72.5 Å². The standard InChI is InChI=1S/C19H20ClNO4S/c20-17-13(11-15-18(23)21-19(24)26-15)7-4-8-14(17)25-16(22)10-9-12-5-2-1-3-6-12/h4,7-8,11-12H,1-3,5-6,9-10H2,(H,21,23,24). The van der Waals surface area contributed by atoms with Gasteiger partial charge in [-0.25, -0.2) is 0 Å². The van der Waals surface area contributed by atoms with Gasteiger partial charge in [-0.1, -0.05) is 55.8 Å². The highest BCUT2D eigenvalue weighted by Gasteiger charge is 2.25. The molecule has 1 aromatic carbocycles. The fourth-order valence-corrected chi connectivity index (χ4v) is 4.14. The Morgan fingerprint density at radius 2 is 2.04 bits per heavy atom. The van der Waals surface area contributed by atoms with E-state index in [-0.39, 0.29) is 21.6 Å². The summed E-state index contributed by atoms with van der Waals surface area (Å²) in [5.74, 6) is 0.124. The zero-order valence-electron chi connectivity index (χ0n) is 14.3. The van der Waals surface area contributed by atoms with Gasteiger partial charge in [0, 0.05) is 6.42 Å². The van der Waals surface area contributed by atoms with E-state index in [4.69, 9.17) is 16.3 Å². The number of amides is 2. The zero-order valence-corrected chi connectivity index (χ0v) is 15.8. The van der Waals surface area contributed by atoms with Gasteiger partial charge in [0.25, 0.3) is 11.1 Å². The third-order valence-electron chi connectivity index (χ3n) is 4.63. The summed E-state index contributed by atoms with van der Waals surface area (Å²) in [4.78, 5) is 35.3. The minimum atomic E-state index is -0.453. The van der Waals surface area contributed by atoms with Crippen molar-refractivity contribution in [2.75, 3.05) is 0 Å². The van der Waals surface area contributed by atoms with Gasteiger partial charge in [-0.2, -0.15) is 0 Å². The summed E-state index contributed by atoms with van der Waals surface area (Å²) in [5, 5.41) is 2.02. The van der Waals surface area contributed by atoms with Crippen molar-refractivity contribution in [3.8, 4) is 5.75 Å². The second kappa shape index (κ2) is 8.73. The second-order valence-corrected chi connectivity index (χ2v) is 7.92. The molecule has 1 aliphatic carbocycles. The largest absolute Gasteiger partial charge is 0.425 e. The van der Waals surface area contributed by atoms with Crippen LogP contribution >= 0.6 is 23.4 Å². The Morgan fingerprint density at radius 1 is 1.27 bits per heavy atom. The molecule has 0 aromatic heterocycles. The monoisotopic (exact) mass is 393 g/mol. The molecule has 138 valence electrons. The quantitative estimate of drug-likeness (QED) is 0.436. The molecule has 1 N–H and O–H groups in total. The van der Waals surface area contributed by atoms with Crippen molar-refractivity contribution in [2.45, 2.75) is 44.9 Å². The predicted octanol–water partition coefficient (Wildman–Crippen LogP) is 4.93. The molecule has 0 bridgehead atoms. The number of benzene rings is 1. The number of thioether (sulfide) groups is 1. The van der Waals surface area contributed by atoms with Crippen LogP contribution in [0.15, 0.2) is 23.1 Å². The molecule has 2 fully saturated rings. The van der Waals surface area contributed by atoms with Crippen LogP contribution in [0.25, 0.3) is 6.08 Å². The van der Waals surface area contributed by atoms with Crippen molar-refractivity contribution in [3.63, 3.8) is 0 Å². The maximum atomic E-state index is 12.1. The van der Waals surface area contributed by atoms with Gasteiger partial charge in [0.05, 0.1) is 9.93 Å². The van der Waals surface area contributed by atoms with Crippen LogP contribution in [0.5, 0.6) is 5.75 Å². The van der Waals surface area contributed by atoms with Crippen LogP contribution in [-0.2, 0) is 9.59 Å². The maximum absolute atomic E-state index is 12.1. The predicted molar refractivity (Wildman–Crippen MR) is 102 cm³/mol. The van der Waals surface area contributed by atoms with E-state index in [1.54, 1.807) is 18.2 Å². The summed E-state index contributed by atoms with van der Waals surface area (Å²) >= 11 is 7.13. The summed E-state index contributed by atoms with van der Waals surface area (Å²) in [6.45, 7) is 0. The molecular weight excluding hydrogens is 374 g/mol. The van der Waals surface area contributed by atoms with Gasteiger partial charge in [0.1, 0.15) is 5.75 Å². The number of hydrogen-bond acceptors (Lipinski definition) is 5. The van der Waals surface area contributed by atoms with Gasteiger partial charge in [-0.15, -0.1) is 0 Å². The Kier molecular flexibility index (Phi) is 6.38. The SMILES string of the molecule is O=C(CCC1CCCCC1)Oc1cccc(C=C2SC(=O)NC2=O)c1Cl. The Morgan fingerprint density at radius 3 is 2.73 bits per heavy atom. The van der Waals surface area contributed by atoms with Crippen LogP contribution in [0.4, 0.5) is 4.79 Å². The maximum Gasteiger partial charge on any atom is 0.311 e. The molecule has 1 saturated carbocycles. The van der Waals surface area contributed by atoms with Crippen LogP contribution in [0.1, 0.15) is 50.5 Å². The Balaban J connectivity index is 1.63. The lowest BCUT2D eigenvalue weighted by molar-refractivity contribution is -0.134. The van der Waals surface area contributed by atoms with Crippen molar-refractivity contribution in [1.82, 2.24) is 5.32 Å². The van der Waals surface area contributed by atoms with Crippen LogP contribution in [0.2, 0.25) is 5.02 Å². The molecule has 2 aliphatic rings. The number of esters is 1. The summed E-state index contributed by atoms with van der Waals surface area (Å²) in [6.07, 6.45) is 8.91. The van der Waals surface area contributed by atoms with Crippen LogP contribution in [0.3, 0.4) is 0 Å². The van der Waals surface area contributed by atoms with Gasteiger partial charge in [0.2, 0.25) is 0 Å². The Bertz CT molecular complexity index is 756. The van der Waals surface area contributed by atoms with E-state index in [1.807, 2.05) is 0 Å². The van der Waals surface area contributed by atoms with Crippen molar-refractivity contribution >= 4 is 46.6 Å². The fourth-order valence-electron chi connectivity index (χ4n) is 3.25. The first-order valence-electron chi connectivity index (χ1n) is 8.77. The highest BCUT2D eigenvalue weighted by Crippen LogP contribution is 2.33. The van der Waals surface area contributed by atoms with Crippen molar-refractivity contribution in [1.29, 1.82) is 0 Å². The lowest BCUT2D eigenvalue weighted by atomic mass is 9.86. The Labute approximate surface area is 161 Å². The lowest BCUT2D eigenvalue weighted by Gasteiger charge is -2.20. The van der Waals surface area contributed by atoms with Gasteiger partial charge in [-0.05, 0) is 41.8 Å². The van der Waals surface area contributed by atoms with Crippen molar-refractivity contribution in [3.05, 3.63) is 33.7 Å². The Hall–Kier alpha value is -1.79. The van der Waals surface area contributed by atoms with E-state index >= 15 is 0 Å².